The highest BCUT2D eigenvalue weighted by atomic mass is 19.4. The number of likely N-dealkylation sites (tertiary alicyclic amines) is 1. The van der Waals surface area contributed by atoms with Crippen molar-refractivity contribution in [3.05, 3.63) is 0 Å². The molecular formula is C15H27F3N2. The van der Waals surface area contributed by atoms with E-state index in [0.717, 1.165) is 25.9 Å². The van der Waals surface area contributed by atoms with Crippen LogP contribution in [0.5, 0.6) is 0 Å². The Morgan fingerprint density at radius 3 is 2.30 bits per heavy atom. The summed E-state index contributed by atoms with van der Waals surface area (Å²) in [5, 5.41) is 3.49. The van der Waals surface area contributed by atoms with E-state index in [1.54, 1.807) is 0 Å². The topological polar surface area (TPSA) is 15.3 Å². The highest BCUT2D eigenvalue weighted by molar-refractivity contribution is 4.93. The zero-order chi connectivity index (χ0) is 15.0. The fourth-order valence-corrected chi connectivity index (χ4v) is 3.28. The van der Waals surface area contributed by atoms with Gasteiger partial charge in [0.15, 0.2) is 0 Å². The SMILES string of the molecule is CC(C)(C)NCC1CCC1N1CCCC(C(F)(F)F)C1. The predicted molar refractivity (Wildman–Crippen MR) is 74.6 cm³/mol. The summed E-state index contributed by atoms with van der Waals surface area (Å²) < 4.78 is 38.6. The van der Waals surface area contributed by atoms with Crippen LogP contribution in [0.3, 0.4) is 0 Å². The first-order valence-electron chi connectivity index (χ1n) is 7.72. The van der Waals surface area contributed by atoms with Crippen molar-refractivity contribution in [3.63, 3.8) is 0 Å². The second kappa shape index (κ2) is 5.84. The first-order chi connectivity index (χ1) is 9.17. The molecule has 0 aromatic rings. The van der Waals surface area contributed by atoms with Crippen LogP contribution >= 0.6 is 0 Å². The summed E-state index contributed by atoms with van der Waals surface area (Å²) in [7, 11) is 0. The van der Waals surface area contributed by atoms with Gasteiger partial charge in [-0.15, -0.1) is 0 Å². The third kappa shape index (κ3) is 4.10. The minimum Gasteiger partial charge on any atom is -0.312 e. The lowest BCUT2D eigenvalue weighted by atomic mass is 9.76. The molecule has 1 aliphatic heterocycles. The van der Waals surface area contributed by atoms with Crippen molar-refractivity contribution in [2.75, 3.05) is 19.6 Å². The Morgan fingerprint density at radius 1 is 1.10 bits per heavy atom. The molecule has 0 spiro atoms. The number of hydrogen-bond acceptors (Lipinski definition) is 2. The maximum atomic E-state index is 12.9. The summed E-state index contributed by atoms with van der Waals surface area (Å²) in [6, 6.07) is 0.356. The monoisotopic (exact) mass is 292 g/mol. The van der Waals surface area contributed by atoms with Gasteiger partial charge >= 0.3 is 6.18 Å². The number of piperidine rings is 1. The summed E-state index contributed by atoms with van der Waals surface area (Å²) in [4.78, 5) is 2.10. The van der Waals surface area contributed by atoms with Gasteiger partial charge in [0.1, 0.15) is 0 Å². The molecule has 118 valence electrons. The molecule has 0 aromatic carbocycles. The molecule has 1 aliphatic carbocycles. The third-order valence-corrected chi connectivity index (χ3v) is 4.66. The minimum absolute atomic E-state index is 0.0799. The van der Waals surface area contributed by atoms with Crippen LogP contribution in [-0.2, 0) is 0 Å². The lowest BCUT2D eigenvalue weighted by Gasteiger charge is -2.48. The molecule has 1 N–H and O–H groups in total. The Hall–Kier alpha value is -0.290. The van der Waals surface area contributed by atoms with Gasteiger partial charge in [-0.25, -0.2) is 0 Å². The first-order valence-corrected chi connectivity index (χ1v) is 7.72. The molecular weight excluding hydrogens is 265 g/mol. The molecule has 0 amide bonds. The smallest absolute Gasteiger partial charge is 0.312 e. The van der Waals surface area contributed by atoms with Gasteiger partial charge < -0.3 is 5.32 Å². The van der Waals surface area contributed by atoms with Gasteiger partial charge in [0.05, 0.1) is 5.92 Å². The molecule has 2 aliphatic rings. The van der Waals surface area contributed by atoms with E-state index in [1.165, 1.54) is 0 Å². The Balaban J connectivity index is 1.85. The number of nitrogens with one attached hydrogen (secondary N) is 1. The van der Waals surface area contributed by atoms with Crippen LogP contribution in [0.4, 0.5) is 13.2 Å². The molecule has 0 bridgehead atoms. The molecule has 2 nitrogen and oxygen atoms in total. The Kier molecular flexibility index (Phi) is 4.69. The van der Waals surface area contributed by atoms with Gasteiger partial charge in [0.25, 0.3) is 0 Å². The van der Waals surface area contributed by atoms with Crippen molar-refractivity contribution >= 4 is 0 Å². The quantitative estimate of drug-likeness (QED) is 0.857. The van der Waals surface area contributed by atoms with E-state index >= 15 is 0 Å². The molecule has 2 fully saturated rings. The standard InChI is InChI=1S/C15H27F3N2/c1-14(2,3)19-9-11-6-7-13(11)20-8-4-5-12(10-20)15(16,17)18/h11-13,19H,4-10H2,1-3H3. The number of nitrogens with zero attached hydrogens (tertiary/aromatic N) is 1. The fourth-order valence-electron chi connectivity index (χ4n) is 3.28. The second-order valence-corrected chi connectivity index (χ2v) is 7.41. The van der Waals surface area contributed by atoms with Gasteiger partial charge in [-0.2, -0.15) is 13.2 Å². The van der Waals surface area contributed by atoms with Crippen molar-refractivity contribution in [2.24, 2.45) is 11.8 Å². The van der Waals surface area contributed by atoms with E-state index in [2.05, 4.69) is 31.0 Å². The van der Waals surface area contributed by atoms with Gasteiger partial charge in [0, 0.05) is 18.1 Å². The van der Waals surface area contributed by atoms with Crippen molar-refractivity contribution < 1.29 is 13.2 Å². The summed E-state index contributed by atoms with van der Waals surface area (Å²) in [5.41, 5.74) is 0.0799. The van der Waals surface area contributed by atoms with Crippen molar-refractivity contribution in [3.8, 4) is 0 Å². The Labute approximate surface area is 120 Å². The lowest BCUT2D eigenvalue weighted by Crippen LogP contribution is -2.56. The minimum atomic E-state index is -4.03. The average Bonchev–Trinajstić information content (AvgIpc) is 2.25. The van der Waals surface area contributed by atoms with Gasteiger partial charge in [-0.1, -0.05) is 0 Å². The summed E-state index contributed by atoms with van der Waals surface area (Å²) >= 11 is 0. The second-order valence-electron chi connectivity index (χ2n) is 7.41. The van der Waals surface area contributed by atoms with E-state index in [0.29, 0.717) is 24.8 Å². The zero-order valence-corrected chi connectivity index (χ0v) is 12.8. The van der Waals surface area contributed by atoms with E-state index in [4.69, 9.17) is 0 Å². The fraction of sp³-hybridized carbons (Fsp3) is 1.00. The van der Waals surface area contributed by atoms with E-state index < -0.39 is 12.1 Å². The van der Waals surface area contributed by atoms with Crippen LogP contribution in [0.25, 0.3) is 0 Å². The highest BCUT2D eigenvalue weighted by Gasteiger charge is 2.45. The van der Waals surface area contributed by atoms with Gasteiger partial charge in [0.2, 0.25) is 0 Å². The van der Waals surface area contributed by atoms with E-state index in [1.807, 2.05) is 0 Å². The van der Waals surface area contributed by atoms with E-state index in [-0.39, 0.29) is 12.1 Å². The largest absolute Gasteiger partial charge is 0.393 e. The molecule has 5 heteroatoms. The number of hydrogen-bond donors (Lipinski definition) is 1. The van der Waals surface area contributed by atoms with Crippen molar-refractivity contribution in [1.29, 1.82) is 0 Å². The van der Waals surface area contributed by atoms with Crippen LogP contribution in [0.2, 0.25) is 0 Å². The van der Waals surface area contributed by atoms with Gasteiger partial charge in [-0.05, 0) is 65.5 Å². The molecule has 3 atom stereocenters. The molecule has 2 rings (SSSR count). The lowest BCUT2D eigenvalue weighted by molar-refractivity contribution is -0.191. The average molecular weight is 292 g/mol. The Morgan fingerprint density at radius 2 is 1.80 bits per heavy atom. The molecule has 1 heterocycles. The number of rotatable bonds is 3. The molecule has 1 saturated heterocycles. The van der Waals surface area contributed by atoms with Crippen LogP contribution < -0.4 is 5.32 Å². The van der Waals surface area contributed by atoms with Crippen molar-refractivity contribution in [2.45, 2.75) is 64.2 Å². The zero-order valence-electron chi connectivity index (χ0n) is 12.8. The normalized spacial score (nSPS) is 33.0. The number of halogens is 3. The Bertz CT molecular complexity index is 322. The molecule has 0 radical (unpaired) electrons. The highest BCUT2D eigenvalue weighted by Crippen LogP contribution is 2.38. The summed E-state index contributed by atoms with van der Waals surface area (Å²) in [6.07, 6.45) is -0.846. The van der Waals surface area contributed by atoms with Crippen LogP contribution in [0.15, 0.2) is 0 Å². The molecule has 20 heavy (non-hydrogen) atoms. The van der Waals surface area contributed by atoms with Crippen LogP contribution in [0.1, 0.15) is 46.5 Å². The molecule has 0 aromatic heterocycles. The maximum absolute atomic E-state index is 12.9. The number of alkyl halides is 3. The first kappa shape index (κ1) is 16.1. The molecule has 1 saturated carbocycles. The van der Waals surface area contributed by atoms with Crippen LogP contribution in [-0.4, -0.2) is 42.3 Å². The third-order valence-electron chi connectivity index (χ3n) is 4.66. The van der Waals surface area contributed by atoms with Gasteiger partial charge in [-0.3, -0.25) is 4.90 Å². The van der Waals surface area contributed by atoms with Crippen molar-refractivity contribution in [1.82, 2.24) is 10.2 Å². The summed E-state index contributed by atoms with van der Waals surface area (Å²) in [5.74, 6) is -0.603. The maximum Gasteiger partial charge on any atom is 0.393 e. The van der Waals surface area contributed by atoms with Crippen LogP contribution in [0, 0.1) is 11.8 Å². The van der Waals surface area contributed by atoms with E-state index in [9.17, 15) is 13.2 Å². The summed E-state index contributed by atoms with van der Waals surface area (Å²) in [6.45, 7) is 8.34. The predicted octanol–water partition coefficient (Wildman–Crippen LogP) is 3.43. The molecule has 3 unspecified atom stereocenters.